The summed E-state index contributed by atoms with van der Waals surface area (Å²) in [7, 11) is 0. The normalized spacial score (nSPS) is 23.2. The number of halogens is 6. The first-order valence-corrected chi connectivity index (χ1v) is 9.20. The Morgan fingerprint density at radius 1 is 1.31 bits per heavy atom. The molecule has 2 atom stereocenters. The fourth-order valence-corrected chi connectivity index (χ4v) is 3.65. The van der Waals surface area contributed by atoms with E-state index in [-0.39, 0.29) is 25.1 Å². The Kier molecular flexibility index (Phi) is 5.88. The van der Waals surface area contributed by atoms with Crippen molar-refractivity contribution in [3.63, 3.8) is 0 Å². The van der Waals surface area contributed by atoms with Crippen LogP contribution in [0.25, 0.3) is 0 Å². The second-order valence-electron chi connectivity index (χ2n) is 7.02. The highest BCUT2D eigenvalue weighted by Gasteiger charge is 2.42. The fraction of sp³-hybridized carbons (Fsp3) is 0.588. The molecule has 0 aromatic carbocycles. The highest BCUT2D eigenvalue weighted by Crippen LogP contribution is 2.42. The van der Waals surface area contributed by atoms with Gasteiger partial charge in [-0.3, -0.25) is 4.79 Å². The lowest BCUT2D eigenvalue weighted by Gasteiger charge is -2.34. The van der Waals surface area contributed by atoms with Crippen LogP contribution in [0.1, 0.15) is 43.1 Å². The maximum atomic E-state index is 13.5. The second-order valence-corrected chi connectivity index (χ2v) is 7.43. The number of carbonyl (C=O) groups is 2. The minimum Gasteiger partial charge on any atom is -0.434 e. The highest BCUT2D eigenvalue weighted by molar-refractivity contribution is 6.31. The molecule has 1 saturated carbocycles. The summed E-state index contributed by atoms with van der Waals surface area (Å²) in [4.78, 5) is 27.1. The molecule has 2 fully saturated rings. The van der Waals surface area contributed by atoms with Crippen LogP contribution in [0.2, 0.25) is 5.02 Å². The number of rotatable bonds is 4. The molecular formula is C17H17ClF5N3O3. The van der Waals surface area contributed by atoms with Gasteiger partial charge in [0, 0.05) is 12.8 Å². The average Bonchev–Trinajstić information content (AvgIpc) is 3.06. The monoisotopic (exact) mass is 441 g/mol. The molecule has 29 heavy (non-hydrogen) atoms. The molecule has 2 N–H and O–H groups in total. The van der Waals surface area contributed by atoms with Gasteiger partial charge in [0.15, 0.2) is 11.8 Å². The van der Waals surface area contributed by atoms with Gasteiger partial charge in [0.2, 0.25) is 5.92 Å². The lowest BCUT2D eigenvalue weighted by Crippen LogP contribution is -2.43. The molecule has 2 aliphatic rings. The standard InChI is InChI=1S/C17H17ClF5N3O3/c18-9-1-2-10(25-13(9)17(21,22)23)12(8-3-5-16(19,20)6-4-8)26-14(27)11-7-24-15(28)29-11/h1-2,8,11-12H,3-7H2,(H,24,28)(H,26,27)/t11?,12-/m0/s1. The maximum Gasteiger partial charge on any atom is 0.434 e. The van der Waals surface area contributed by atoms with E-state index in [1.54, 1.807) is 0 Å². The summed E-state index contributed by atoms with van der Waals surface area (Å²) < 4.78 is 71.4. The summed E-state index contributed by atoms with van der Waals surface area (Å²) in [5.74, 6) is -4.19. The van der Waals surface area contributed by atoms with E-state index < -0.39 is 65.7 Å². The van der Waals surface area contributed by atoms with Crippen molar-refractivity contribution in [3.8, 4) is 0 Å². The smallest absolute Gasteiger partial charge is 0.434 e. The van der Waals surface area contributed by atoms with Crippen LogP contribution < -0.4 is 10.6 Å². The Labute approximate surface area is 167 Å². The number of cyclic esters (lactones) is 1. The van der Waals surface area contributed by atoms with Crippen molar-refractivity contribution >= 4 is 23.6 Å². The number of aromatic nitrogens is 1. The predicted octanol–water partition coefficient (Wildman–Crippen LogP) is 3.85. The van der Waals surface area contributed by atoms with Gasteiger partial charge in [0.1, 0.15) is 0 Å². The Morgan fingerprint density at radius 3 is 2.52 bits per heavy atom. The first-order chi connectivity index (χ1) is 13.5. The van der Waals surface area contributed by atoms with E-state index in [2.05, 4.69) is 15.6 Å². The van der Waals surface area contributed by atoms with Crippen molar-refractivity contribution in [1.29, 1.82) is 0 Å². The first kappa shape index (κ1) is 21.5. The number of hydrogen-bond acceptors (Lipinski definition) is 4. The van der Waals surface area contributed by atoms with Crippen LogP contribution in [0, 0.1) is 5.92 Å². The molecule has 12 heteroatoms. The third kappa shape index (κ3) is 5.06. The van der Waals surface area contributed by atoms with Crippen LogP contribution in [0.3, 0.4) is 0 Å². The van der Waals surface area contributed by atoms with Crippen LogP contribution in [0.15, 0.2) is 12.1 Å². The fourth-order valence-electron chi connectivity index (χ4n) is 3.44. The summed E-state index contributed by atoms with van der Waals surface area (Å²) in [6, 6.07) is 1.14. The van der Waals surface area contributed by atoms with Crippen LogP contribution in [-0.2, 0) is 15.7 Å². The zero-order valence-electron chi connectivity index (χ0n) is 14.9. The van der Waals surface area contributed by atoms with E-state index in [9.17, 15) is 31.5 Å². The number of ether oxygens (including phenoxy) is 1. The predicted molar refractivity (Wildman–Crippen MR) is 90.3 cm³/mol. The highest BCUT2D eigenvalue weighted by atomic mass is 35.5. The molecule has 160 valence electrons. The Hall–Kier alpha value is -2.17. The van der Waals surface area contributed by atoms with Gasteiger partial charge in [0.05, 0.1) is 23.3 Å². The van der Waals surface area contributed by atoms with Gasteiger partial charge in [-0.25, -0.2) is 18.6 Å². The lowest BCUT2D eigenvalue weighted by atomic mass is 9.80. The van der Waals surface area contributed by atoms with Crippen molar-refractivity contribution in [2.75, 3.05) is 6.54 Å². The van der Waals surface area contributed by atoms with Gasteiger partial charge < -0.3 is 15.4 Å². The number of alkyl halides is 5. The summed E-state index contributed by atoms with van der Waals surface area (Å²) in [5.41, 5.74) is -1.48. The third-order valence-electron chi connectivity index (χ3n) is 4.96. The SMILES string of the molecule is O=C1NCC(C(=O)N[C@H](c2ccc(Cl)c(C(F)(F)F)n2)C2CCC(F)(F)CC2)O1. The molecule has 1 aromatic heterocycles. The number of hydrogen-bond donors (Lipinski definition) is 2. The molecule has 6 nitrogen and oxygen atoms in total. The molecule has 0 spiro atoms. The van der Waals surface area contributed by atoms with Gasteiger partial charge in [-0.2, -0.15) is 13.2 Å². The summed E-state index contributed by atoms with van der Waals surface area (Å²) in [6.45, 7) is -0.109. The van der Waals surface area contributed by atoms with Gasteiger partial charge in [0.25, 0.3) is 5.91 Å². The second kappa shape index (κ2) is 7.92. The molecule has 3 rings (SSSR count). The average molecular weight is 442 g/mol. The Bertz CT molecular complexity index is 795. The lowest BCUT2D eigenvalue weighted by molar-refractivity contribution is -0.141. The Morgan fingerprint density at radius 2 is 1.97 bits per heavy atom. The first-order valence-electron chi connectivity index (χ1n) is 8.82. The number of nitrogens with zero attached hydrogens (tertiary/aromatic N) is 1. The molecule has 1 aliphatic carbocycles. The summed E-state index contributed by atoms with van der Waals surface area (Å²) in [6.07, 6.45) is -7.76. The maximum absolute atomic E-state index is 13.5. The van der Waals surface area contributed by atoms with E-state index in [4.69, 9.17) is 16.3 Å². The molecule has 0 radical (unpaired) electrons. The van der Waals surface area contributed by atoms with E-state index in [1.807, 2.05) is 0 Å². The van der Waals surface area contributed by atoms with Gasteiger partial charge >= 0.3 is 12.3 Å². The Balaban J connectivity index is 1.88. The van der Waals surface area contributed by atoms with Crippen molar-refractivity contribution < 1.29 is 36.3 Å². The van der Waals surface area contributed by atoms with Gasteiger partial charge in [-0.1, -0.05) is 11.6 Å². The van der Waals surface area contributed by atoms with Crippen LogP contribution >= 0.6 is 11.6 Å². The topological polar surface area (TPSA) is 80.3 Å². The van der Waals surface area contributed by atoms with Crippen LogP contribution in [0.4, 0.5) is 26.7 Å². The van der Waals surface area contributed by atoms with Gasteiger partial charge in [-0.15, -0.1) is 0 Å². The van der Waals surface area contributed by atoms with E-state index in [0.717, 1.165) is 6.07 Å². The molecule has 2 amide bonds. The summed E-state index contributed by atoms with van der Waals surface area (Å²) in [5, 5.41) is 4.19. The van der Waals surface area contributed by atoms with Crippen molar-refractivity contribution in [2.24, 2.45) is 5.92 Å². The van der Waals surface area contributed by atoms with Crippen LogP contribution in [-0.4, -0.2) is 35.6 Å². The number of carbonyl (C=O) groups excluding carboxylic acids is 2. The number of amides is 2. The molecule has 0 bridgehead atoms. The third-order valence-corrected chi connectivity index (χ3v) is 5.26. The largest absolute Gasteiger partial charge is 0.434 e. The number of alkyl carbamates (subject to hydrolysis) is 1. The molecule has 1 saturated heterocycles. The van der Waals surface area contributed by atoms with Crippen molar-refractivity contribution in [2.45, 2.75) is 49.9 Å². The molecule has 1 unspecified atom stereocenters. The molecule has 2 heterocycles. The van der Waals surface area contributed by atoms with Gasteiger partial charge in [-0.05, 0) is 30.9 Å². The minimum absolute atomic E-state index is 0.0215. The van der Waals surface area contributed by atoms with E-state index in [1.165, 1.54) is 6.07 Å². The number of pyridine rings is 1. The minimum atomic E-state index is -4.83. The van der Waals surface area contributed by atoms with E-state index in [0.29, 0.717) is 0 Å². The zero-order chi connectivity index (χ0) is 21.4. The molecular weight excluding hydrogens is 425 g/mol. The number of nitrogens with one attached hydrogen (secondary N) is 2. The van der Waals surface area contributed by atoms with Crippen molar-refractivity contribution in [3.05, 3.63) is 28.5 Å². The summed E-state index contributed by atoms with van der Waals surface area (Å²) >= 11 is 5.60. The van der Waals surface area contributed by atoms with E-state index >= 15 is 0 Å². The zero-order valence-corrected chi connectivity index (χ0v) is 15.6. The molecule has 1 aliphatic heterocycles. The van der Waals surface area contributed by atoms with Crippen LogP contribution in [0.5, 0.6) is 0 Å². The van der Waals surface area contributed by atoms with Crippen molar-refractivity contribution in [1.82, 2.24) is 15.6 Å². The quantitative estimate of drug-likeness (QED) is 0.696. The molecule has 1 aromatic rings.